The Hall–Kier alpha value is -7.37. The minimum Gasteiger partial charge on any atom is -0.454 e. The average Bonchev–Trinajstić information content (AvgIpc) is 3.67. The molecule has 0 saturated carbocycles. The van der Waals surface area contributed by atoms with Crippen LogP contribution in [-0.2, 0) is 5.41 Å². The summed E-state index contributed by atoms with van der Waals surface area (Å²) < 4.78 is 6.89. The first kappa shape index (κ1) is 33.0. The average molecular weight is 733 g/mol. The molecule has 5 nitrogen and oxygen atoms in total. The van der Waals surface area contributed by atoms with Crippen LogP contribution in [0.4, 0.5) is 17.1 Å². The van der Waals surface area contributed by atoms with E-state index in [1.807, 2.05) is 42.5 Å². The molecular formula is C52H36N4O. The fourth-order valence-electron chi connectivity index (χ4n) is 8.78. The summed E-state index contributed by atoms with van der Waals surface area (Å²) >= 11 is 0. The van der Waals surface area contributed by atoms with Crippen molar-refractivity contribution < 1.29 is 4.42 Å². The third kappa shape index (κ3) is 5.27. The highest BCUT2D eigenvalue weighted by Crippen LogP contribution is 2.57. The fraction of sp³-hybridized carbons (Fsp3) is 0.0577. The van der Waals surface area contributed by atoms with E-state index in [0.29, 0.717) is 17.5 Å². The number of anilines is 3. The lowest BCUT2D eigenvalue weighted by molar-refractivity contribution is 0.629. The topological polar surface area (TPSA) is 55.1 Å². The van der Waals surface area contributed by atoms with Crippen molar-refractivity contribution in [1.29, 1.82) is 0 Å². The first-order chi connectivity index (χ1) is 28.0. The van der Waals surface area contributed by atoms with Crippen LogP contribution in [0.25, 0.3) is 78.0 Å². The van der Waals surface area contributed by atoms with Gasteiger partial charge in [0.1, 0.15) is 5.58 Å². The van der Waals surface area contributed by atoms with Gasteiger partial charge in [0.05, 0.1) is 11.4 Å². The van der Waals surface area contributed by atoms with E-state index in [2.05, 4.69) is 158 Å². The van der Waals surface area contributed by atoms with Gasteiger partial charge < -0.3 is 9.32 Å². The Balaban J connectivity index is 1.10. The van der Waals surface area contributed by atoms with Crippen molar-refractivity contribution in [2.24, 2.45) is 0 Å². The molecule has 0 N–H and O–H groups in total. The summed E-state index contributed by atoms with van der Waals surface area (Å²) in [6, 6.07) is 63.5. The number of fused-ring (bicyclic) bond motifs is 9. The van der Waals surface area contributed by atoms with Crippen molar-refractivity contribution in [2.45, 2.75) is 19.3 Å². The van der Waals surface area contributed by atoms with Gasteiger partial charge in [-0.2, -0.15) is 0 Å². The number of hydrogen-bond donors (Lipinski definition) is 0. The van der Waals surface area contributed by atoms with Gasteiger partial charge in [-0.3, -0.25) is 0 Å². The van der Waals surface area contributed by atoms with Crippen LogP contribution >= 0.6 is 0 Å². The van der Waals surface area contributed by atoms with Crippen molar-refractivity contribution in [3.8, 4) is 45.3 Å². The monoisotopic (exact) mass is 732 g/mol. The van der Waals surface area contributed by atoms with Crippen LogP contribution in [0.15, 0.2) is 186 Å². The summed E-state index contributed by atoms with van der Waals surface area (Å²) in [4.78, 5) is 17.6. The molecule has 0 saturated heterocycles. The lowest BCUT2D eigenvalue weighted by atomic mass is 9.71. The van der Waals surface area contributed by atoms with Crippen LogP contribution in [0.5, 0.6) is 0 Å². The van der Waals surface area contributed by atoms with Crippen molar-refractivity contribution in [2.75, 3.05) is 4.90 Å². The SMILES string of the molecule is CC1(C)c2ccccc2N(c2ccc(-c3nc(-c4ccccc4)nc(-c4cccc(-c5ccccc5)c4)n3)cc2)c2c1c1ccccc1c1c2oc2ccccc21. The van der Waals surface area contributed by atoms with E-state index >= 15 is 0 Å². The summed E-state index contributed by atoms with van der Waals surface area (Å²) in [6.07, 6.45) is 0. The molecule has 10 aromatic rings. The van der Waals surface area contributed by atoms with E-state index in [1.54, 1.807) is 0 Å². The summed E-state index contributed by atoms with van der Waals surface area (Å²) in [5, 5.41) is 4.69. The summed E-state index contributed by atoms with van der Waals surface area (Å²) in [5.74, 6) is 1.87. The quantitative estimate of drug-likeness (QED) is 0.176. The smallest absolute Gasteiger partial charge is 0.164 e. The molecule has 0 unspecified atom stereocenters. The molecule has 57 heavy (non-hydrogen) atoms. The molecule has 8 aromatic carbocycles. The minimum atomic E-state index is -0.304. The molecule has 1 aliphatic heterocycles. The van der Waals surface area contributed by atoms with Gasteiger partial charge in [0.2, 0.25) is 0 Å². The van der Waals surface area contributed by atoms with Crippen LogP contribution in [0.3, 0.4) is 0 Å². The number of hydrogen-bond acceptors (Lipinski definition) is 5. The van der Waals surface area contributed by atoms with E-state index in [-0.39, 0.29) is 5.41 Å². The fourth-order valence-corrected chi connectivity index (χ4v) is 8.78. The zero-order chi connectivity index (χ0) is 38.1. The summed E-state index contributed by atoms with van der Waals surface area (Å²) in [5.41, 5.74) is 12.2. The largest absolute Gasteiger partial charge is 0.454 e. The molecule has 0 atom stereocenters. The van der Waals surface area contributed by atoms with Crippen LogP contribution in [0, 0.1) is 0 Å². The van der Waals surface area contributed by atoms with E-state index in [0.717, 1.165) is 66.8 Å². The molecule has 0 spiro atoms. The molecule has 2 aromatic heterocycles. The van der Waals surface area contributed by atoms with E-state index in [1.165, 1.54) is 21.9 Å². The molecule has 0 bridgehead atoms. The van der Waals surface area contributed by atoms with Crippen LogP contribution in [0.1, 0.15) is 25.0 Å². The van der Waals surface area contributed by atoms with Crippen molar-refractivity contribution in [3.05, 3.63) is 193 Å². The molecule has 3 heterocycles. The van der Waals surface area contributed by atoms with Crippen molar-refractivity contribution >= 4 is 49.8 Å². The Morgan fingerprint density at radius 2 is 1.00 bits per heavy atom. The van der Waals surface area contributed by atoms with Crippen molar-refractivity contribution in [1.82, 2.24) is 15.0 Å². The third-order valence-corrected chi connectivity index (χ3v) is 11.5. The van der Waals surface area contributed by atoms with Gasteiger partial charge in [0.25, 0.3) is 0 Å². The van der Waals surface area contributed by atoms with Gasteiger partial charge in [0.15, 0.2) is 23.1 Å². The molecule has 0 aliphatic carbocycles. The maximum Gasteiger partial charge on any atom is 0.164 e. The Labute approximate surface area is 330 Å². The number of benzene rings is 8. The standard InChI is InChI=1S/C52H36N4O/c1-52(2)42-25-12-13-26-43(42)56(47-46(52)40-23-10-9-22-39(40)45-41-24-11-14-27-44(41)57-48(45)47)38-30-28-35(29-31-38)50-53-49(34-18-7-4-8-19-34)54-51(55-50)37-21-15-20-36(32-37)33-16-5-3-6-17-33/h3-32H,1-2H3. The summed E-state index contributed by atoms with van der Waals surface area (Å²) in [7, 11) is 0. The highest BCUT2D eigenvalue weighted by Gasteiger charge is 2.41. The zero-order valence-corrected chi connectivity index (χ0v) is 31.5. The second-order valence-electron chi connectivity index (χ2n) is 15.2. The molecule has 0 amide bonds. The second-order valence-corrected chi connectivity index (χ2v) is 15.2. The van der Waals surface area contributed by atoms with Crippen molar-refractivity contribution in [3.63, 3.8) is 0 Å². The Bertz CT molecular complexity index is 3150. The zero-order valence-electron chi connectivity index (χ0n) is 31.5. The van der Waals surface area contributed by atoms with Gasteiger partial charge in [-0.05, 0) is 75.5 Å². The number of rotatable bonds is 5. The Morgan fingerprint density at radius 1 is 0.456 bits per heavy atom. The lowest BCUT2D eigenvalue weighted by Crippen LogP contribution is -2.31. The molecule has 1 aliphatic rings. The minimum absolute atomic E-state index is 0.304. The highest BCUT2D eigenvalue weighted by molar-refractivity contribution is 6.25. The van der Waals surface area contributed by atoms with E-state index in [4.69, 9.17) is 19.4 Å². The van der Waals surface area contributed by atoms with Gasteiger partial charge in [0, 0.05) is 38.6 Å². The van der Waals surface area contributed by atoms with Gasteiger partial charge in [-0.25, -0.2) is 15.0 Å². The van der Waals surface area contributed by atoms with Crippen LogP contribution in [0.2, 0.25) is 0 Å². The molecule has 270 valence electrons. The molecular weight excluding hydrogens is 697 g/mol. The Kier molecular flexibility index (Phi) is 7.45. The second kappa shape index (κ2) is 12.9. The van der Waals surface area contributed by atoms with Crippen LogP contribution in [-0.4, -0.2) is 15.0 Å². The number of para-hydroxylation sites is 2. The molecule has 5 heteroatoms. The number of furan rings is 1. The molecule has 0 fully saturated rings. The van der Waals surface area contributed by atoms with E-state index in [9.17, 15) is 0 Å². The lowest BCUT2D eigenvalue weighted by Gasteiger charge is -2.42. The van der Waals surface area contributed by atoms with E-state index < -0.39 is 0 Å². The van der Waals surface area contributed by atoms with Gasteiger partial charge in [-0.1, -0.05) is 153 Å². The maximum atomic E-state index is 6.89. The highest BCUT2D eigenvalue weighted by atomic mass is 16.3. The van der Waals surface area contributed by atoms with Gasteiger partial charge >= 0.3 is 0 Å². The predicted molar refractivity (Wildman–Crippen MR) is 233 cm³/mol. The number of nitrogens with zero attached hydrogens (tertiary/aromatic N) is 4. The normalized spacial score (nSPS) is 13.2. The van der Waals surface area contributed by atoms with Gasteiger partial charge in [-0.15, -0.1) is 0 Å². The predicted octanol–water partition coefficient (Wildman–Crippen LogP) is 13.7. The van der Waals surface area contributed by atoms with Crippen LogP contribution < -0.4 is 4.90 Å². The maximum absolute atomic E-state index is 6.89. The summed E-state index contributed by atoms with van der Waals surface area (Å²) in [6.45, 7) is 4.68. The number of aromatic nitrogens is 3. The first-order valence-electron chi connectivity index (χ1n) is 19.4. The third-order valence-electron chi connectivity index (χ3n) is 11.5. The Morgan fingerprint density at radius 3 is 1.74 bits per heavy atom. The molecule has 11 rings (SSSR count). The molecule has 0 radical (unpaired) electrons. The first-order valence-corrected chi connectivity index (χ1v) is 19.4.